The van der Waals surface area contributed by atoms with Crippen LogP contribution >= 0.6 is 0 Å². The predicted molar refractivity (Wildman–Crippen MR) is 120 cm³/mol. The quantitative estimate of drug-likeness (QED) is 0.517. The number of morpholine rings is 1. The molecule has 0 aliphatic carbocycles. The number of hydrogen-bond acceptors (Lipinski definition) is 6. The van der Waals surface area contributed by atoms with Gasteiger partial charge in [0.1, 0.15) is 5.82 Å². The molecule has 2 aromatic carbocycles. The van der Waals surface area contributed by atoms with Gasteiger partial charge in [-0.15, -0.1) is 0 Å². The summed E-state index contributed by atoms with van der Waals surface area (Å²) < 4.78 is 11.0. The summed E-state index contributed by atoms with van der Waals surface area (Å²) in [5, 5.41) is 9.46. The molecule has 1 fully saturated rings. The van der Waals surface area contributed by atoms with Gasteiger partial charge in [-0.2, -0.15) is 0 Å². The van der Waals surface area contributed by atoms with Crippen molar-refractivity contribution in [2.45, 2.75) is 6.61 Å². The van der Waals surface area contributed by atoms with Crippen LogP contribution in [0, 0.1) is 0 Å². The number of anilines is 1. The molecule has 7 nitrogen and oxygen atoms in total. The summed E-state index contributed by atoms with van der Waals surface area (Å²) in [4.78, 5) is 15.1. The highest BCUT2D eigenvalue weighted by molar-refractivity contribution is 5.84. The lowest BCUT2D eigenvalue weighted by Gasteiger charge is -2.28. The number of nitrogens with one attached hydrogen (secondary N) is 1. The molecule has 7 heteroatoms. The lowest BCUT2D eigenvalue weighted by molar-refractivity contribution is 0.122. The van der Waals surface area contributed by atoms with Gasteiger partial charge in [-0.3, -0.25) is 0 Å². The smallest absolute Gasteiger partial charge is 0.224 e. The van der Waals surface area contributed by atoms with Crippen LogP contribution in [-0.4, -0.2) is 53.5 Å². The van der Waals surface area contributed by atoms with Gasteiger partial charge in [-0.05, 0) is 41.5 Å². The van der Waals surface area contributed by atoms with Gasteiger partial charge in [-0.1, -0.05) is 18.2 Å². The first kappa shape index (κ1) is 19.5. The summed E-state index contributed by atoms with van der Waals surface area (Å²) in [6.45, 7) is 3.26. The highest BCUT2D eigenvalue weighted by Gasteiger charge is 2.16. The third kappa shape index (κ3) is 3.85. The number of fused-ring (bicyclic) bond motifs is 1. The van der Waals surface area contributed by atoms with Gasteiger partial charge in [0.15, 0.2) is 0 Å². The SMILES string of the molecule is COc1ncc(-c2cccc(CO)c2)cc1-c1nc2cc(N3CCOCC3)ccc2[nH]1. The van der Waals surface area contributed by atoms with E-state index in [4.69, 9.17) is 14.5 Å². The van der Waals surface area contributed by atoms with E-state index in [1.165, 1.54) is 0 Å². The van der Waals surface area contributed by atoms with Crippen molar-refractivity contribution in [2.75, 3.05) is 38.3 Å². The van der Waals surface area contributed by atoms with Crippen LogP contribution in [0.3, 0.4) is 0 Å². The lowest BCUT2D eigenvalue weighted by atomic mass is 10.0. The summed E-state index contributed by atoms with van der Waals surface area (Å²) in [7, 11) is 1.61. The lowest BCUT2D eigenvalue weighted by Crippen LogP contribution is -2.36. The maximum atomic E-state index is 9.46. The summed E-state index contributed by atoms with van der Waals surface area (Å²) in [6, 6.07) is 16.1. The summed E-state index contributed by atoms with van der Waals surface area (Å²) in [5.74, 6) is 1.22. The number of H-pyrrole nitrogens is 1. The maximum absolute atomic E-state index is 9.46. The van der Waals surface area contributed by atoms with E-state index < -0.39 is 0 Å². The Balaban J connectivity index is 1.55. The molecule has 31 heavy (non-hydrogen) atoms. The number of pyridine rings is 1. The molecular weight excluding hydrogens is 392 g/mol. The Morgan fingerprint density at radius 1 is 1.10 bits per heavy atom. The van der Waals surface area contributed by atoms with Crippen LogP contribution in [-0.2, 0) is 11.3 Å². The van der Waals surface area contributed by atoms with Crippen molar-refractivity contribution in [1.29, 1.82) is 0 Å². The Bertz CT molecular complexity index is 1210. The molecule has 0 atom stereocenters. The topological polar surface area (TPSA) is 83.5 Å². The molecule has 0 radical (unpaired) electrons. The van der Waals surface area contributed by atoms with Gasteiger partial charge in [0.05, 0.1) is 43.5 Å². The summed E-state index contributed by atoms with van der Waals surface area (Å²) in [6.07, 6.45) is 1.78. The van der Waals surface area contributed by atoms with Gasteiger partial charge < -0.3 is 24.5 Å². The Morgan fingerprint density at radius 2 is 1.97 bits per heavy atom. The van der Waals surface area contributed by atoms with Gasteiger partial charge in [0, 0.05) is 30.5 Å². The van der Waals surface area contributed by atoms with Crippen LogP contribution in [0.25, 0.3) is 33.5 Å². The maximum Gasteiger partial charge on any atom is 0.224 e. The number of hydrogen-bond donors (Lipinski definition) is 2. The summed E-state index contributed by atoms with van der Waals surface area (Å²) in [5.41, 5.74) is 6.56. The number of aromatic nitrogens is 3. The third-order valence-corrected chi connectivity index (χ3v) is 5.59. The highest BCUT2D eigenvalue weighted by Crippen LogP contribution is 2.33. The number of rotatable bonds is 5. The Labute approximate surface area is 180 Å². The predicted octanol–water partition coefficient (Wildman–Crippen LogP) is 3.63. The number of aliphatic hydroxyl groups is 1. The second-order valence-electron chi connectivity index (χ2n) is 7.53. The van der Waals surface area contributed by atoms with Crippen molar-refractivity contribution in [3.05, 3.63) is 60.3 Å². The molecule has 1 aliphatic heterocycles. The van der Waals surface area contributed by atoms with E-state index in [0.717, 1.165) is 65.3 Å². The molecule has 1 saturated heterocycles. The molecule has 0 spiro atoms. The van der Waals surface area contributed by atoms with Gasteiger partial charge in [-0.25, -0.2) is 9.97 Å². The van der Waals surface area contributed by atoms with E-state index >= 15 is 0 Å². The number of imidazole rings is 1. The average Bonchev–Trinajstić information content (AvgIpc) is 3.27. The normalized spacial score (nSPS) is 14.2. The Kier molecular flexibility index (Phi) is 5.28. The van der Waals surface area contributed by atoms with Crippen LogP contribution in [0.5, 0.6) is 5.88 Å². The minimum absolute atomic E-state index is 0.000665. The van der Waals surface area contributed by atoms with E-state index in [1.807, 2.05) is 30.3 Å². The number of ether oxygens (including phenoxy) is 2. The van der Waals surface area contributed by atoms with Crippen molar-refractivity contribution in [1.82, 2.24) is 15.0 Å². The number of benzene rings is 2. The van der Waals surface area contributed by atoms with Crippen molar-refractivity contribution >= 4 is 16.7 Å². The molecule has 0 saturated carbocycles. The van der Waals surface area contributed by atoms with E-state index in [-0.39, 0.29) is 6.61 Å². The fourth-order valence-electron chi connectivity index (χ4n) is 3.93. The molecule has 5 rings (SSSR count). The molecule has 158 valence electrons. The van der Waals surface area contributed by atoms with Crippen LogP contribution < -0.4 is 9.64 Å². The number of nitrogens with zero attached hydrogens (tertiary/aromatic N) is 3. The van der Waals surface area contributed by atoms with E-state index in [2.05, 4.69) is 33.1 Å². The zero-order valence-electron chi connectivity index (χ0n) is 17.3. The molecule has 3 heterocycles. The Hall–Kier alpha value is -3.42. The highest BCUT2D eigenvalue weighted by atomic mass is 16.5. The number of aliphatic hydroxyl groups excluding tert-OH is 1. The van der Waals surface area contributed by atoms with Crippen LogP contribution in [0.1, 0.15) is 5.56 Å². The molecule has 2 N–H and O–H groups in total. The minimum Gasteiger partial charge on any atom is -0.480 e. The van der Waals surface area contributed by atoms with Crippen molar-refractivity contribution in [2.24, 2.45) is 0 Å². The molecule has 0 unspecified atom stereocenters. The third-order valence-electron chi connectivity index (χ3n) is 5.59. The first-order valence-corrected chi connectivity index (χ1v) is 10.3. The second-order valence-corrected chi connectivity index (χ2v) is 7.53. The largest absolute Gasteiger partial charge is 0.480 e. The fourth-order valence-corrected chi connectivity index (χ4v) is 3.93. The first-order chi connectivity index (χ1) is 15.2. The Morgan fingerprint density at radius 3 is 2.77 bits per heavy atom. The molecule has 0 bridgehead atoms. The zero-order chi connectivity index (χ0) is 21.2. The minimum atomic E-state index is -0.000665. The van der Waals surface area contributed by atoms with Crippen LogP contribution in [0.4, 0.5) is 5.69 Å². The standard InChI is InChI=1S/C24H24N4O3/c1-30-24-20(12-18(14-25-24)17-4-2-3-16(11-17)15-29)23-26-21-6-5-19(13-22(21)27-23)28-7-9-31-10-8-28/h2-6,11-14,29H,7-10,15H2,1H3,(H,26,27). The zero-order valence-corrected chi connectivity index (χ0v) is 17.3. The molecule has 0 amide bonds. The van der Waals surface area contributed by atoms with Crippen molar-refractivity contribution < 1.29 is 14.6 Å². The van der Waals surface area contributed by atoms with E-state index in [9.17, 15) is 5.11 Å². The van der Waals surface area contributed by atoms with E-state index in [1.54, 1.807) is 13.3 Å². The number of aromatic amines is 1. The van der Waals surface area contributed by atoms with E-state index in [0.29, 0.717) is 11.7 Å². The van der Waals surface area contributed by atoms with Gasteiger partial charge in [0.25, 0.3) is 0 Å². The van der Waals surface area contributed by atoms with Gasteiger partial charge in [0.2, 0.25) is 5.88 Å². The molecule has 1 aliphatic rings. The monoisotopic (exact) mass is 416 g/mol. The van der Waals surface area contributed by atoms with Crippen molar-refractivity contribution in [3.63, 3.8) is 0 Å². The summed E-state index contributed by atoms with van der Waals surface area (Å²) >= 11 is 0. The second kappa shape index (κ2) is 8.37. The molecule has 2 aromatic heterocycles. The first-order valence-electron chi connectivity index (χ1n) is 10.3. The van der Waals surface area contributed by atoms with Gasteiger partial charge >= 0.3 is 0 Å². The number of methoxy groups -OCH3 is 1. The average molecular weight is 416 g/mol. The molecular formula is C24H24N4O3. The fraction of sp³-hybridized carbons (Fsp3) is 0.250. The molecule has 4 aromatic rings. The van der Waals surface area contributed by atoms with Crippen LogP contribution in [0.15, 0.2) is 54.7 Å². The van der Waals surface area contributed by atoms with Crippen molar-refractivity contribution in [3.8, 4) is 28.4 Å². The van der Waals surface area contributed by atoms with Crippen LogP contribution in [0.2, 0.25) is 0 Å².